The third-order valence-corrected chi connectivity index (χ3v) is 3.24. The van der Waals surface area contributed by atoms with E-state index >= 15 is 0 Å². The Morgan fingerprint density at radius 2 is 2.05 bits per heavy atom. The lowest BCUT2D eigenvalue weighted by Gasteiger charge is -2.26. The van der Waals surface area contributed by atoms with Crippen LogP contribution in [-0.4, -0.2) is 56.5 Å². The van der Waals surface area contributed by atoms with Gasteiger partial charge in [0.15, 0.2) is 0 Å². The van der Waals surface area contributed by atoms with Crippen LogP contribution in [0.25, 0.3) is 4.85 Å². The number of hydrogen-bond donors (Lipinski definition) is 0. The van der Waals surface area contributed by atoms with Gasteiger partial charge >= 0.3 is 6.09 Å². The summed E-state index contributed by atoms with van der Waals surface area (Å²) in [5.74, 6) is 0. The number of carbonyl (C=O) groups is 1. The van der Waals surface area contributed by atoms with Gasteiger partial charge in [-0.3, -0.25) is 9.08 Å². The van der Waals surface area contributed by atoms with Gasteiger partial charge < -0.3 is 9.58 Å². The summed E-state index contributed by atoms with van der Waals surface area (Å²) in [5, 5.41) is 0. The van der Waals surface area contributed by atoms with E-state index in [4.69, 9.17) is 15.5 Å². The fourth-order valence-corrected chi connectivity index (χ4v) is 2.65. The predicted octanol–water partition coefficient (Wildman–Crippen LogP) is 1.26. The van der Waals surface area contributed by atoms with E-state index in [0.717, 1.165) is 6.26 Å². The highest BCUT2D eigenvalue weighted by Gasteiger charge is 2.41. The molecule has 0 unspecified atom stereocenters. The predicted molar refractivity (Wildman–Crippen MR) is 72.5 cm³/mol. The first-order chi connectivity index (χ1) is 9.02. The summed E-state index contributed by atoms with van der Waals surface area (Å²) in [7, 11) is -3.59. The topological polar surface area (TPSA) is 77.3 Å². The molecule has 1 fully saturated rings. The van der Waals surface area contributed by atoms with Crippen LogP contribution < -0.4 is 0 Å². The Bertz CT molecular complexity index is 503. The van der Waals surface area contributed by atoms with Crippen LogP contribution in [0.2, 0.25) is 0 Å². The van der Waals surface area contributed by atoms with Crippen LogP contribution in [0.3, 0.4) is 0 Å². The highest BCUT2D eigenvalue weighted by atomic mass is 32.2. The van der Waals surface area contributed by atoms with Gasteiger partial charge in [0.1, 0.15) is 11.6 Å². The van der Waals surface area contributed by atoms with E-state index in [9.17, 15) is 13.2 Å². The van der Waals surface area contributed by atoms with Crippen molar-refractivity contribution in [3.8, 4) is 0 Å². The lowest BCUT2D eigenvalue weighted by molar-refractivity contribution is 0.0222. The van der Waals surface area contributed by atoms with E-state index in [1.54, 1.807) is 20.8 Å². The summed E-state index contributed by atoms with van der Waals surface area (Å²) in [5.41, 5.74) is -0.643. The van der Waals surface area contributed by atoms with Crippen molar-refractivity contribution in [1.82, 2.24) is 4.90 Å². The van der Waals surface area contributed by atoms with Crippen LogP contribution in [-0.2, 0) is 19.0 Å². The Morgan fingerprint density at radius 3 is 2.50 bits per heavy atom. The monoisotopic (exact) mass is 304 g/mol. The number of rotatable bonds is 3. The Hall–Kier alpha value is -1.33. The second kappa shape index (κ2) is 5.97. The minimum Gasteiger partial charge on any atom is -0.444 e. The van der Waals surface area contributed by atoms with E-state index in [-0.39, 0.29) is 19.1 Å². The van der Waals surface area contributed by atoms with Gasteiger partial charge in [0.2, 0.25) is 6.54 Å². The summed E-state index contributed by atoms with van der Waals surface area (Å²) < 4.78 is 32.4. The molecular weight excluding hydrogens is 284 g/mol. The molecule has 0 aromatic carbocycles. The van der Waals surface area contributed by atoms with Gasteiger partial charge in [0.25, 0.3) is 10.1 Å². The molecule has 1 aliphatic rings. The van der Waals surface area contributed by atoms with Crippen molar-refractivity contribution in [3.63, 3.8) is 0 Å². The molecule has 114 valence electrons. The van der Waals surface area contributed by atoms with Gasteiger partial charge in [0, 0.05) is 6.42 Å². The van der Waals surface area contributed by atoms with Gasteiger partial charge in [-0.2, -0.15) is 8.42 Å². The number of likely N-dealkylation sites (tertiary alicyclic amines) is 1. The molecule has 0 aromatic heterocycles. The maximum absolute atomic E-state index is 12.1. The molecule has 1 heterocycles. The molecule has 1 amide bonds. The molecule has 1 aliphatic heterocycles. The summed E-state index contributed by atoms with van der Waals surface area (Å²) in [6.45, 7) is 12.4. The van der Waals surface area contributed by atoms with Crippen LogP contribution in [0.1, 0.15) is 27.2 Å². The number of amides is 1. The van der Waals surface area contributed by atoms with Crippen molar-refractivity contribution in [2.24, 2.45) is 0 Å². The number of nitrogens with zero attached hydrogens (tertiary/aromatic N) is 2. The maximum Gasteiger partial charge on any atom is 0.410 e. The zero-order chi connectivity index (χ0) is 15.6. The molecule has 1 saturated heterocycles. The molecule has 0 bridgehead atoms. The second-order valence-corrected chi connectivity index (χ2v) is 7.39. The molecular formula is C12H20N2O5S. The first kappa shape index (κ1) is 16.7. The second-order valence-electron chi connectivity index (χ2n) is 5.79. The largest absolute Gasteiger partial charge is 0.444 e. The van der Waals surface area contributed by atoms with Gasteiger partial charge in [0.05, 0.1) is 18.9 Å². The number of ether oxygens (including phenoxy) is 1. The van der Waals surface area contributed by atoms with Crippen molar-refractivity contribution in [3.05, 3.63) is 11.4 Å². The van der Waals surface area contributed by atoms with Crippen molar-refractivity contribution < 1.29 is 22.1 Å². The average molecular weight is 304 g/mol. The van der Waals surface area contributed by atoms with Crippen LogP contribution in [0, 0.1) is 6.57 Å². The van der Waals surface area contributed by atoms with E-state index in [2.05, 4.69) is 4.85 Å². The third-order valence-electron chi connectivity index (χ3n) is 2.62. The molecule has 0 spiro atoms. The van der Waals surface area contributed by atoms with Gasteiger partial charge in [-0.05, 0) is 20.8 Å². The summed E-state index contributed by atoms with van der Waals surface area (Å²) in [6.07, 6.45) is 0.108. The van der Waals surface area contributed by atoms with Crippen LogP contribution in [0.15, 0.2) is 0 Å². The zero-order valence-corrected chi connectivity index (χ0v) is 12.9. The Morgan fingerprint density at radius 1 is 1.45 bits per heavy atom. The average Bonchev–Trinajstić information content (AvgIpc) is 2.56. The minimum absolute atomic E-state index is 0.100. The van der Waals surface area contributed by atoms with E-state index < -0.39 is 27.9 Å². The molecule has 0 aliphatic carbocycles. The molecule has 0 radical (unpaired) electrons. The third kappa shape index (κ3) is 5.35. The molecule has 7 nitrogen and oxygen atoms in total. The Kier molecular flexibility index (Phi) is 5.00. The zero-order valence-electron chi connectivity index (χ0n) is 12.1. The van der Waals surface area contributed by atoms with Crippen LogP contribution in [0.5, 0.6) is 0 Å². The fraction of sp³-hybridized carbons (Fsp3) is 0.833. The number of carbonyl (C=O) groups excluding carboxylic acids is 1. The fourth-order valence-electron chi connectivity index (χ4n) is 2.01. The standard InChI is InChI=1S/C12H20N2O5S/c1-12(2,3)18-11(15)14-8-10(19-20(5,16)17)6-9(14)7-13-4/h9-10H,6-8H2,1-3,5H3/t9-,10+/m1/s1. The Balaban J connectivity index is 2.78. The quantitative estimate of drug-likeness (QED) is 0.579. The van der Waals surface area contributed by atoms with Gasteiger partial charge in [-0.1, -0.05) is 0 Å². The normalized spacial score (nSPS) is 23.4. The van der Waals surface area contributed by atoms with E-state index in [1.807, 2.05) is 0 Å². The van der Waals surface area contributed by atoms with E-state index in [0.29, 0.717) is 6.42 Å². The highest BCUT2D eigenvalue weighted by Crippen LogP contribution is 2.24. The highest BCUT2D eigenvalue weighted by molar-refractivity contribution is 7.86. The molecule has 0 aromatic rings. The van der Waals surface area contributed by atoms with Crippen molar-refractivity contribution in [1.29, 1.82) is 0 Å². The van der Waals surface area contributed by atoms with Gasteiger partial charge in [-0.25, -0.2) is 11.4 Å². The minimum atomic E-state index is -3.59. The SMILES string of the molecule is [C-]#[N+]C[C@H]1C[C@H](OS(C)(=O)=O)CN1C(=O)OC(C)(C)C. The molecule has 0 saturated carbocycles. The van der Waals surface area contributed by atoms with E-state index in [1.165, 1.54) is 4.90 Å². The first-order valence-electron chi connectivity index (χ1n) is 6.23. The van der Waals surface area contributed by atoms with Crippen molar-refractivity contribution in [2.75, 3.05) is 19.3 Å². The summed E-state index contributed by atoms with van der Waals surface area (Å²) in [4.78, 5) is 16.7. The van der Waals surface area contributed by atoms with Crippen molar-refractivity contribution >= 4 is 16.2 Å². The van der Waals surface area contributed by atoms with Crippen LogP contribution >= 0.6 is 0 Å². The van der Waals surface area contributed by atoms with Crippen LogP contribution in [0.4, 0.5) is 4.79 Å². The lowest BCUT2D eigenvalue weighted by Crippen LogP contribution is -2.41. The van der Waals surface area contributed by atoms with Gasteiger partial charge in [-0.15, -0.1) is 0 Å². The smallest absolute Gasteiger partial charge is 0.410 e. The molecule has 2 atom stereocenters. The molecule has 0 N–H and O–H groups in total. The molecule has 20 heavy (non-hydrogen) atoms. The lowest BCUT2D eigenvalue weighted by atomic mass is 10.2. The number of hydrogen-bond acceptors (Lipinski definition) is 5. The molecule has 8 heteroatoms. The first-order valence-corrected chi connectivity index (χ1v) is 8.04. The van der Waals surface area contributed by atoms with Crippen molar-refractivity contribution in [2.45, 2.75) is 44.9 Å². The maximum atomic E-state index is 12.1. The Labute approximate surface area is 119 Å². The summed E-state index contributed by atoms with van der Waals surface area (Å²) >= 11 is 0. The molecule has 1 rings (SSSR count). The summed E-state index contributed by atoms with van der Waals surface area (Å²) in [6, 6.07) is -0.380.